The first kappa shape index (κ1) is 15.7. The minimum atomic E-state index is 0.165. The number of hydrogen-bond acceptors (Lipinski definition) is 2. The first-order chi connectivity index (χ1) is 13.4. The zero-order valence-corrected chi connectivity index (χ0v) is 14.9. The average molecular weight is 348 g/mol. The van der Waals surface area contributed by atoms with Crippen molar-refractivity contribution >= 4 is 17.0 Å². The number of anilines is 1. The molecule has 0 amide bonds. The van der Waals surface area contributed by atoms with Gasteiger partial charge in [-0.3, -0.25) is 0 Å². The lowest BCUT2D eigenvalue weighted by atomic mass is 9.89. The molecule has 0 aromatic heterocycles. The monoisotopic (exact) mass is 348 g/mol. The Labute approximate surface area is 159 Å². The minimum Gasteiger partial charge on any atom is -0.375 e. The van der Waals surface area contributed by atoms with Gasteiger partial charge in [0, 0.05) is 29.2 Å². The highest BCUT2D eigenvalue weighted by atomic mass is 15.1. The predicted octanol–water partition coefficient (Wildman–Crippen LogP) is 5.74. The van der Waals surface area contributed by atoms with Gasteiger partial charge in [-0.05, 0) is 35.4 Å². The Balaban J connectivity index is 1.55. The summed E-state index contributed by atoms with van der Waals surface area (Å²) in [5.41, 5.74) is 7.38. The molecule has 0 spiro atoms. The van der Waals surface area contributed by atoms with Crippen LogP contribution in [-0.2, 0) is 0 Å². The molecular formula is C25H20N2. The van der Waals surface area contributed by atoms with Crippen LogP contribution in [0.5, 0.6) is 0 Å². The Morgan fingerprint density at radius 1 is 0.704 bits per heavy atom. The van der Waals surface area contributed by atoms with Gasteiger partial charge in [-0.2, -0.15) is 0 Å². The Morgan fingerprint density at radius 3 is 2.15 bits per heavy atom. The lowest BCUT2D eigenvalue weighted by molar-refractivity contribution is 0.695. The second-order valence-electron chi connectivity index (χ2n) is 6.79. The zero-order valence-electron chi connectivity index (χ0n) is 14.9. The molecule has 1 atom stereocenters. The van der Waals surface area contributed by atoms with Gasteiger partial charge in [0.05, 0.1) is 11.7 Å². The van der Waals surface area contributed by atoms with Crippen LogP contribution in [-0.4, -0.2) is 10.9 Å². The molecule has 0 saturated carbocycles. The third kappa shape index (κ3) is 2.96. The molecule has 3 aromatic carbocycles. The van der Waals surface area contributed by atoms with Crippen LogP contribution < -0.4 is 5.32 Å². The smallest absolute Gasteiger partial charge is 0.0669 e. The van der Waals surface area contributed by atoms with Crippen molar-refractivity contribution in [1.82, 2.24) is 4.90 Å². The lowest BCUT2D eigenvalue weighted by Crippen LogP contribution is -2.25. The quantitative estimate of drug-likeness (QED) is 0.649. The summed E-state index contributed by atoms with van der Waals surface area (Å²) in [4.78, 5) is 2.23. The third-order valence-corrected chi connectivity index (χ3v) is 5.02. The van der Waals surface area contributed by atoms with Crippen LogP contribution in [0.4, 0.5) is 5.69 Å². The van der Waals surface area contributed by atoms with Crippen LogP contribution in [0.3, 0.4) is 0 Å². The molecule has 2 heteroatoms. The molecule has 0 unspecified atom stereocenters. The fourth-order valence-electron chi connectivity index (χ4n) is 3.73. The number of para-hydroxylation sites is 1. The Hall–Kier alpha value is -3.52. The molecule has 3 aromatic rings. The number of rotatable bonds is 3. The second kappa shape index (κ2) is 6.65. The fourth-order valence-corrected chi connectivity index (χ4v) is 3.73. The van der Waals surface area contributed by atoms with E-state index < -0.39 is 0 Å². The molecule has 130 valence electrons. The van der Waals surface area contributed by atoms with Crippen molar-refractivity contribution in [1.29, 1.82) is 0 Å². The van der Waals surface area contributed by atoms with Gasteiger partial charge in [0.15, 0.2) is 0 Å². The highest BCUT2D eigenvalue weighted by Crippen LogP contribution is 2.39. The average Bonchev–Trinajstić information content (AvgIpc) is 2.75. The van der Waals surface area contributed by atoms with Gasteiger partial charge in [-0.1, -0.05) is 72.8 Å². The summed E-state index contributed by atoms with van der Waals surface area (Å²) < 4.78 is 0. The first-order valence-electron chi connectivity index (χ1n) is 9.25. The first-order valence-corrected chi connectivity index (χ1v) is 9.25. The SMILES string of the molecule is C1=CN2C=C(c3ccccc3)c3ccccc3C2=C[C@H]1Nc1ccccc1. The lowest BCUT2D eigenvalue weighted by Gasteiger charge is -2.33. The van der Waals surface area contributed by atoms with Gasteiger partial charge in [0.2, 0.25) is 0 Å². The largest absolute Gasteiger partial charge is 0.375 e. The van der Waals surface area contributed by atoms with Gasteiger partial charge >= 0.3 is 0 Å². The Kier molecular flexibility index (Phi) is 3.87. The van der Waals surface area contributed by atoms with E-state index in [4.69, 9.17) is 0 Å². The summed E-state index contributed by atoms with van der Waals surface area (Å²) in [6.45, 7) is 0. The number of fused-ring (bicyclic) bond motifs is 3. The van der Waals surface area contributed by atoms with Crippen molar-refractivity contribution in [2.45, 2.75) is 6.04 Å². The summed E-state index contributed by atoms with van der Waals surface area (Å²) in [7, 11) is 0. The Morgan fingerprint density at radius 2 is 1.37 bits per heavy atom. The summed E-state index contributed by atoms with van der Waals surface area (Å²) in [5, 5.41) is 3.58. The van der Waals surface area contributed by atoms with Crippen molar-refractivity contribution < 1.29 is 0 Å². The van der Waals surface area contributed by atoms with Crippen LogP contribution in [0.15, 0.2) is 109 Å². The van der Waals surface area contributed by atoms with Crippen molar-refractivity contribution in [2.75, 3.05) is 5.32 Å². The van der Waals surface area contributed by atoms with Gasteiger partial charge < -0.3 is 10.2 Å². The molecule has 27 heavy (non-hydrogen) atoms. The van der Waals surface area contributed by atoms with E-state index in [-0.39, 0.29) is 6.04 Å². The maximum atomic E-state index is 3.58. The van der Waals surface area contributed by atoms with Crippen LogP contribution in [0, 0.1) is 0 Å². The summed E-state index contributed by atoms with van der Waals surface area (Å²) >= 11 is 0. The molecule has 0 aliphatic carbocycles. The number of nitrogens with zero attached hydrogens (tertiary/aromatic N) is 1. The number of benzene rings is 3. The normalized spacial score (nSPS) is 17.5. The second-order valence-corrected chi connectivity index (χ2v) is 6.79. The standard InChI is InChI=1S/C25H20N2/c1-3-9-19(10-4-1)24-18-27-16-15-21(26-20-11-5-2-6-12-20)17-25(27)23-14-8-7-13-22(23)24/h1-18,21,26H/t21-/m0/s1. The van der Waals surface area contributed by atoms with E-state index in [9.17, 15) is 0 Å². The number of nitrogens with one attached hydrogen (secondary N) is 1. The molecular weight excluding hydrogens is 328 g/mol. The molecule has 2 aliphatic rings. The van der Waals surface area contributed by atoms with E-state index in [1.807, 2.05) is 6.07 Å². The molecule has 0 saturated heterocycles. The fraction of sp³-hybridized carbons (Fsp3) is 0.0400. The molecule has 0 fully saturated rings. The number of hydrogen-bond donors (Lipinski definition) is 1. The molecule has 2 heterocycles. The third-order valence-electron chi connectivity index (χ3n) is 5.02. The maximum Gasteiger partial charge on any atom is 0.0669 e. The van der Waals surface area contributed by atoms with Crippen LogP contribution >= 0.6 is 0 Å². The van der Waals surface area contributed by atoms with Gasteiger partial charge in [0.25, 0.3) is 0 Å². The van der Waals surface area contributed by atoms with Crippen molar-refractivity contribution in [3.63, 3.8) is 0 Å². The molecule has 0 radical (unpaired) electrons. The molecule has 1 N–H and O–H groups in total. The Bertz CT molecular complexity index is 1050. The topological polar surface area (TPSA) is 15.3 Å². The zero-order chi connectivity index (χ0) is 18.1. The molecule has 0 bridgehead atoms. The van der Waals surface area contributed by atoms with E-state index in [1.165, 1.54) is 28.0 Å². The summed E-state index contributed by atoms with van der Waals surface area (Å²) in [5.74, 6) is 0. The van der Waals surface area contributed by atoms with Gasteiger partial charge in [0.1, 0.15) is 0 Å². The van der Waals surface area contributed by atoms with E-state index in [0.717, 1.165) is 5.69 Å². The van der Waals surface area contributed by atoms with Crippen molar-refractivity contribution in [3.8, 4) is 0 Å². The van der Waals surface area contributed by atoms with E-state index in [2.05, 4.69) is 114 Å². The van der Waals surface area contributed by atoms with Crippen LogP contribution in [0.2, 0.25) is 0 Å². The van der Waals surface area contributed by atoms with E-state index >= 15 is 0 Å². The molecule has 2 nitrogen and oxygen atoms in total. The van der Waals surface area contributed by atoms with Crippen LogP contribution in [0.1, 0.15) is 16.7 Å². The molecule has 5 rings (SSSR count). The highest BCUT2D eigenvalue weighted by molar-refractivity contribution is 5.91. The predicted molar refractivity (Wildman–Crippen MR) is 113 cm³/mol. The molecule has 2 aliphatic heterocycles. The van der Waals surface area contributed by atoms with E-state index in [1.54, 1.807) is 0 Å². The van der Waals surface area contributed by atoms with Crippen molar-refractivity contribution in [2.24, 2.45) is 0 Å². The van der Waals surface area contributed by atoms with Crippen molar-refractivity contribution in [3.05, 3.63) is 126 Å². The highest BCUT2D eigenvalue weighted by Gasteiger charge is 2.24. The van der Waals surface area contributed by atoms with Gasteiger partial charge in [-0.25, -0.2) is 0 Å². The minimum absolute atomic E-state index is 0.165. The summed E-state index contributed by atoms with van der Waals surface area (Å²) in [6, 6.07) is 29.8. The van der Waals surface area contributed by atoms with Gasteiger partial charge in [-0.15, -0.1) is 0 Å². The van der Waals surface area contributed by atoms with Crippen LogP contribution in [0.25, 0.3) is 11.3 Å². The summed E-state index contributed by atoms with van der Waals surface area (Å²) in [6.07, 6.45) is 8.89. The van der Waals surface area contributed by atoms with E-state index in [0.29, 0.717) is 0 Å². The maximum absolute atomic E-state index is 3.58.